The van der Waals surface area contributed by atoms with E-state index in [1.807, 2.05) is 18.3 Å². The summed E-state index contributed by atoms with van der Waals surface area (Å²) in [5, 5.41) is 40.3. The van der Waals surface area contributed by atoms with Crippen molar-refractivity contribution in [1.29, 1.82) is 0 Å². The third-order valence-corrected chi connectivity index (χ3v) is 5.05. The minimum absolute atomic E-state index is 0.227. The quantitative estimate of drug-likeness (QED) is 0.438. The summed E-state index contributed by atoms with van der Waals surface area (Å²) in [5.74, 6) is 0.227. The molecular formula is C19H19ClN2O6. The van der Waals surface area contributed by atoms with Gasteiger partial charge in [-0.2, -0.15) is 0 Å². The summed E-state index contributed by atoms with van der Waals surface area (Å²) in [7, 11) is 0. The summed E-state index contributed by atoms with van der Waals surface area (Å²) in [6.45, 7) is -0.536. The van der Waals surface area contributed by atoms with Crippen molar-refractivity contribution in [2.75, 3.05) is 6.61 Å². The molecule has 3 heterocycles. The van der Waals surface area contributed by atoms with E-state index in [1.165, 1.54) is 0 Å². The van der Waals surface area contributed by atoms with Crippen molar-refractivity contribution >= 4 is 22.6 Å². The second-order valence-corrected chi connectivity index (χ2v) is 7.01. The molecule has 2 aromatic heterocycles. The van der Waals surface area contributed by atoms with E-state index in [2.05, 4.69) is 9.97 Å². The Bertz CT molecular complexity index is 978. The molecule has 5 atom stereocenters. The van der Waals surface area contributed by atoms with Gasteiger partial charge >= 0.3 is 0 Å². The monoisotopic (exact) mass is 406 g/mol. The van der Waals surface area contributed by atoms with Gasteiger partial charge in [-0.05, 0) is 29.8 Å². The van der Waals surface area contributed by atoms with Gasteiger partial charge in [0.2, 0.25) is 6.29 Å². The fraction of sp³-hybridized carbons (Fsp3) is 0.316. The molecule has 4 rings (SSSR count). The minimum Gasteiger partial charge on any atom is -0.460 e. The second kappa shape index (κ2) is 7.67. The lowest BCUT2D eigenvalue weighted by atomic mass is 9.99. The number of rotatable bonds is 4. The zero-order valence-corrected chi connectivity index (χ0v) is 15.3. The number of ether oxygens (including phenoxy) is 2. The summed E-state index contributed by atoms with van der Waals surface area (Å²) in [4.78, 5) is 7.38. The van der Waals surface area contributed by atoms with Crippen LogP contribution in [-0.2, 0) is 4.74 Å². The predicted octanol–water partition coefficient (Wildman–Crippen LogP) is 1.06. The number of nitrogens with zero attached hydrogens (tertiary/aromatic N) is 1. The molecule has 3 unspecified atom stereocenters. The molecule has 1 aliphatic rings. The standard InChI is InChI=1S/C19H19ClN2O6/c20-12-6-9(11-5-10-3-4-21-18(10)22-7-11)1-2-13(12)27-19-17(26)16(25)15(24)14(8-23)28-19/h1-7,14-17,19,23-26H,8H2,(H,21,22)/t14?,15-,16?,17?,19+/m1/s1. The summed E-state index contributed by atoms with van der Waals surface area (Å²) >= 11 is 6.33. The van der Waals surface area contributed by atoms with Gasteiger partial charge < -0.3 is 34.9 Å². The third-order valence-electron chi connectivity index (χ3n) is 4.76. The molecule has 148 valence electrons. The topological polar surface area (TPSA) is 128 Å². The van der Waals surface area contributed by atoms with E-state index in [9.17, 15) is 20.4 Å². The highest BCUT2D eigenvalue weighted by atomic mass is 35.5. The normalized spacial score (nSPS) is 27.8. The maximum atomic E-state index is 10.1. The number of aliphatic hydroxyl groups is 4. The average molecular weight is 407 g/mol. The van der Waals surface area contributed by atoms with Gasteiger partial charge in [-0.15, -0.1) is 0 Å². The summed E-state index contributed by atoms with van der Waals surface area (Å²) in [5.41, 5.74) is 2.48. The van der Waals surface area contributed by atoms with Gasteiger partial charge in [0.25, 0.3) is 0 Å². The molecule has 0 spiro atoms. The molecule has 0 radical (unpaired) electrons. The van der Waals surface area contributed by atoms with Crippen molar-refractivity contribution in [2.24, 2.45) is 0 Å². The first kappa shape index (κ1) is 19.1. The van der Waals surface area contributed by atoms with Crippen LogP contribution in [0.15, 0.2) is 42.7 Å². The van der Waals surface area contributed by atoms with Gasteiger partial charge in [0.05, 0.1) is 11.6 Å². The zero-order chi connectivity index (χ0) is 19.8. The van der Waals surface area contributed by atoms with Crippen LogP contribution in [0.4, 0.5) is 0 Å². The van der Waals surface area contributed by atoms with E-state index in [1.54, 1.807) is 24.4 Å². The molecule has 8 nitrogen and oxygen atoms in total. The van der Waals surface area contributed by atoms with Gasteiger partial charge in [0.1, 0.15) is 35.8 Å². The molecule has 0 amide bonds. The largest absolute Gasteiger partial charge is 0.460 e. The van der Waals surface area contributed by atoms with Crippen molar-refractivity contribution in [2.45, 2.75) is 30.7 Å². The van der Waals surface area contributed by atoms with Crippen LogP contribution in [0.3, 0.4) is 0 Å². The zero-order valence-electron chi connectivity index (χ0n) is 14.6. The van der Waals surface area contributed by atoms with Gasteiger partial charge in [-0.3, -0.25) is 0 Å². The number of halogens is 1. The van der Waals surface area contributed by atoms with Crippen LogP contribution in [-0.4, -0.2) is 67.7 Å². The first-order chi connectivity index (χ1) is 13.5. The van der Waals surface area contributed by atoms with E-state index in [-0.39, 0.29) is 10.8 Å². The van der Waals surface area contributed by atoms with E-state index >= 15 is 0 Å². The molecule has 0 aliphatic carbocycles. The van der Waals surface area contributed by atoms with Gasteiger partial charge in [0.15, 0.2) is 0 Å². The van der Waals surface area contributed by atoms with Gasteiger partial charge in [0, 0.05) is 23.3 Å². The highest BCUT2D eigenvalue weighted by molar-refractivity contribution is 6.32. The molecule has 3 aromatic rings. The Balaban J connectivity index is 1.56. The van der Waals surface area contributed by atoms with Crippen molar-refractivity contribution in [3.8, 4) is 16.9 Å². The Labute approximate surface area is 164 Å². The van der Waals surface area contributed by atoms with Crippen LogP contribution in [0.1, 0.15) is 0 Å². The lowest BCUT2D eigenvalue weighted by Crippen LogP contribution is -2.60. The first-order valence-electron chi connectivity index (χ1n) is 8.68. The first-order valence-corrected chi connectivity index (χ1v) is 9.06. The van der Waals surface area contributed by atoms with E-state index in [0.717, 1.165) is 22.2 Å². The Kier molecular flexibility index (Phi) is 5.24. The number of hydrogen-bond donors (Lipinski definition) is 5. The summed E-state index contributed by atoms with van der Waals surface area (Å²) in [6.07, 6.45) is -3.29. The Morgan fingerprint density at radius 3 is 2.64 bits per heavy atom. The maximum Gasteiger partial charge on any atom is 0.229 e. The van der Waals surface area contributed by atoms with Crippen LogP contribution in [0.25, 0.3) is 22.2 Å². The number of H-pyrrole nitrogens is 1. The van der Waals surface area contributed by atoms with Gasteiger partial charge in [-0.25, -0.2) is 4.98 Å². The van der Waals surface area contributed by atoms with E-state index in [4.69, 9.17) is 21.1 Å². The van der Waals surface area contributed by atoms with Crippen LogP contribution in [0, 0.1) is 0 Å². The fourth-order valence-electron chi connectivity index (χ4n) is 3.16. The Morgan fingerprint density at radius 2 is 1.89 bits per heavy atom. The number of aromatic nitrogens is 2. The SMILES string of the molecule is OCC1O[C@H](Oc2ccc(-c3cnc4[nH]ccc4c3)cc2Cl)C(O)C(O)[C@@H]1O. The molecule has 0 bridgehead atoms. The van der Waals surface area contributed by atoms with Crippen molar-refractivity contribution in [3.05, 3.63) is 47.7 Å². The average Bonchev–Trinajstić information content (AvgIpc) is 3.17. The van der Waals surface area contributed by atoms with Crippen molar-refractivity contribution in [1.82, 2.24) is 9.97 Å². The predicted molar refractivity (Wildman–Crippen MR) is 101 cm³/mol. The second-order valence-electron chi connectivity index (χ2n) is 6.60. The smallest absolute Gasteiger partial charge is 0.229 e. The van der Waals surface area contributed by atoms with Crippen LogP contribution < -0.4 is 4.74 Å². The number of hydrogen-bond acceptors (Lipinski definition) is 7. The number of aromatic amines is 1. The molecule has 1 saturated heterocycles. The van der Waals surface area contributed by atoms with E-state index < -0.39 is 37.3 Å². The Hall–Kier alpha value is -2.20. The number of pyridine rings is 1. The third kappa shape index (κ3) is 3.46. The summed E-state index contributed by atoms with van der Waals surface area (Å²) < 4.78 is 10.9. The molecular weight excluding hydrogens is 388 g/mol. The lowest BCUT2D eigenvalue weighted by molar-refractivity contribution is -0.277. The molecule has 1 aliphatic heterocycles. The van der Waals surface area contributed by atoms with Crippen LogP contribution >= 0.6 is 11.6 Å². The summed E-state index contributed by atoms with van der Waals surface area (Å²) in [6, 6.07) is 8.98. The molecule has 0 saturated carbocycles. The number of fused-ring (bicyclic) bond motifs is 1. The maximum absolute atomic E-state index is 10.1. The number of benzene rings is 1. The van der Waals surface area contributed by atoms with E-state index in [0.29, 0.717) is 0 Å². The molecule has 5 N–H and O–H groups in total. The molecule has 1 aromatic carbocycles. The molecule has 9 heteroatoms. The van der Waals surface area contributed by atoms with Crippen LogP contribution in [0.5, 0.6) is 5.75 Å². The van der Waals surface area contributed by atoms with Gasteiger partial charge in [-0.1, -0.05) is 17.7 Å². The highest BCUT2D eigenvalue weighted by Crippen LogP contribution is 2.33. The van der Waals surface area contributed by atoms with Crippen molar-refractivity contribution in [3.63, 3.8) is 0 Å². The number of nitrogens with one attached hydrogen (secondary N) is 1. The minimum atomic E-state index is -1.52. The fourth-order valence-corrected chi connectivity index (χ4v) is 3.39. The lowest BCUT2D eigenvalue weighted by Gasteiger charge is -2.39. The van der Waals surface area contributed by atoms with Crippen LogP contribution in [0.2, 0.25) is 5.02 Å². The Morgan fingerprint density at radius 1 is 1.07 bits per heavy atom. The van der Waals surface area contributed by atoms with Crippen molar-refractivity contribution < 1.29 is 29.9 Å². The number of aliphatic hydroxyl groups excluding tert-OH is 4. The molecule has 1 fully saturated rings. The highest BCUT2D eigenvalue weighted by Gasteiger charge is 2.44. The molecule has 28 heavy (non-hydrogen) atoms.